The van der Waals surface area contributed by atoms with E-state index in [2.05, 4.69) is 10.3 Å². The highest BCUT2D eigenvalue weighted by molar-refractivity contribution is 5.94. The van der Waals surface area contributed by atoms with Crippen LogP contribution in [0.5, 0.6) is 0 Å². The Labute approximate surface area is 189 Å². The number of amides is 1. The number of oxazole rings is 1. The molecular formula is C26H31N3O3. The van der Waals surface area contributed by atoms with Crippen LogP contribution in [0.2, 0.25) is 0 Å². The molecule has 2 aliphatic carbocycles. The Kier molecular flexibility index (Phi) is 6.23. The molecule has 6 heteroatoms. The third-order valence-corrected chi connectivity index (χ3v) is 6.99. The molecule has 1 amide bonds. The zero-order chi connectivity index (χ0) is 21.9. The number of aromatic nitrogens is 1. The van der Waals surface area contributed by atoms with Crippen LogP contribution in [0.25, 0.3) is 22.6 Å². The van der Waals surface area contributed by atoms with Gasteiger partial charge in [0.15, 0.2) is 5.58 Å². The van der Waals surface area contributed by atoms with Gasteiger partial charge in [-0.1, -0.05) is 18.6 Å². The van der Waals surface area contributed by atoms with Crippen molar-refractivity contribution in [3.63, 3.8) is 0 Å². The van der Waals surface area contributed by atoms with Gasteiger partial charge in [0, 0.05) is 30.3 Å². The quantitative estimate of drug-likeness (QED) is 0.406. The first-order chi connectivity index (χ1) is 15.7. The van der Waals surface area contributed by atoms with Gasteiger partial charge in [-0.25, -0.2) is 4.98 Å². The first-order valence-corrected chi connectivity index (χ1v) is 11.7. The summed E-state index contributed by atoms with van der Waals surface area (Å²) >= 11 is 0. The molecule has 6 nitrogen and oxygen atoms in total. The fourth-order valence-corrected chi connectivity index (χ4v) is 4.69. The molecule has 0 radical (unpaired) electrons. The lowest BCUT2D eigenvalue weighted by Gasteiger charge is -2.27. The molecule has 2 aromatic carbocycles. The minimum Gasteiger partial charge on any atom is -0.436 e. The summed E-state index contributed by atoms with van der Waals surface area (Å²) in [6.45, 7) is 1.42. The second-order valence-corrected chi connectivity index (χ2v) is 9.16. The van der Waals surface area contributed by atoms with E-state index in [9.17, 15) is 4.79 Å². The molecule has 1 heterocycles. The second kappa shape index (κ2) is 9.43. The van der Waals surface area contributed by atoms with Gasteiger partial charge < -0.3 is 14.1 Å². The smallest absolute Gasteiger partial charge is 0.253 e. The summed E-state index contributed by atoms with van der Waals surface area (Å²) in [5.74, 6) is 1.16. The van der Waals surface area contributed by atoms with Crippen LogP contribution in [-0.4, -0.2) is 48.3 Å². The molecule has 2 aliphatic rings. The molecule has 0 bridgehead atoms. The van der Waals surface area contributed by atoms with Crippen molar-refractivity contribution in [3.05, 3.63) is 54.1 Å². The van der Waals surface area contributed by atoms with Crippen molar-refractivity contribution in [2.24, 2.45) is 5.92 Å². The number of ether oxygens (including phenoxy) is 1. The van der Waals surface area contributed by atoms with Crippen molar-refractivity contribution in [1.82, 2.24) is 15.2 Å². The molecule has 168 valence electrons. The molecule has 32 heavy (non-hydrogen) atoms. The maximum atomic E-state index is 13.0. The number of carbonyl (C=O) groups is 1. The molecule has 5 rings (SSSR count). The van der Waals surface area contributed by atoms with Crippen LogP contribution in [0.3, 0.4) is 0 Å². The average Bonchev–Trinajstić information content (AvgIpc) is 3.44. The van der Waals surface area contributed by atoms with Crippen molar-refractivity contribution >= 4 is 17.0 Å². The van der Waals surface area contributed by atoms with Crippen LogP contribution < -0.4 is 5.32 Å². The maximum absolute atomic E-state index is 13.0. The number of para-hydroxylation sites is 2. The highest BCUT2D eigenvalue weighted by Gasteiger charge is 2.30. The van der Waals surface area contributed by atoms with E-state index in [-0.39, 0.29) is 11.9 Å². The minimum atomic E-state index is 0.0623. The zero-order valence-electron chi connectivity index (χ0n) is 18.6. The maximum Gasteiger partial charge on any atom is 0.253 e. The predicted molar refractivity (Wildman–Crippen MR) is 124 cm³/mol. The van der Waals surface area contributed by atoms with Crippen molar-refractivity contribution < 1.29 is 13.9 Å². The number of carbonyl (C=O) groups excluding carboxylic acids is 1. The first-order valence-electron chi connectivity index (χ1n) is 11.7. The van der Waals surface area contributed by atoms with Crippen molar-refractivity contribution in [2.45, 2.75) is 50.6 Å². The minimum absolute atomic E-state index is 0.0623. The summed E-state index contributed by atoms with van der Waals surface area (Å²) in [6, 6.07) is 16.2. The lowest BCUT2D eigenvalue weighted by Crippen LogP contribution is -2.37. The van der Waals surface area contributed by atoms with Gasteiger partial charge in [-0.15, -0.1) is 0 Å². The largest absolute Gasteiger partial charge is 0.436 e. The number of fused-ring (bicyclic) bond motifs is 1. The van der Waals surface area contributed by atoms with Gasteiger partial charge in [0.05, 0.1) is 13.3 Å². The average molecular weight is 434 g/mol. The number of nitrogens with one attached hydrogen (secondary N) is 1. The summed E-state index contributed by atoms with van der Waals surface area (Å²) in [7, 11) is 1.92. The van der Waals surface area contributed by atoms with E-state index in [1.54, 1.807) is 0 Å². The number of hydrogen-bond acceptors (Lipinski definition) is 5. The first kappa shape index (κ1) is 21.2. The van der Waals surface area contributed by atoms with Crippen molar-refractivity contribution in [1.29, 1.82) is 0 Å². The monoisotopic (exact) mass is 433 g/mol. The van der Waals surface area contributed by atoms with Gasteiger partial charge in [0.1, 0.15) is 5.52 Å². The Morgan fingerprint density at radius 3 is 2.69 bits per heavy atom. The number of hydrogen-bond donors (Lipinski definition) is 1. The molecule has 0 saturated heterocycles. The van der Waals surface area contributed by atoms with E-state index < -0.39 is 0 Å². The van der Waals surface area contributed by atoms with Crippen molar-refractivity contribution in [2.75, 3.05) is 20.4 Å². The Balaban J connectivity index is 1.14. The van der Waals surface area contributed by atoms with Gasteiger partial charge in [-0.05, 0) is 74.4 Å². The van der Waals surface area contributed by atoms with Crippen LogP contribution in [0, 0.1) is 5.92 Å². The van der Waals surface area contributed by atoms with E-state index in [4.69, 9.17) is 9.15 Å². The van der Waals surface area contributed by atoms with Crippen LogP contribution in [0.15, 0.2) is 52.9 Å². The van der Waals surface area contributed by atoms with E-state index in [0.717, 1.165) is 42.5 Å². The third kappa shape index (κ3) is 4.57. The molecule has 0 spiro atoms. The molecule has 1 N–H and O–H groups in total. The normalized spacial score (nSPS) is 21.0. The lowest BCUT2D eigenvalue weighted by atomic mass is 9.93. The van der Waals surface area contributed by atoms with Crippen LogP contribution in [0.4, 0.5) is 0 Å². The summed E-state index contributed by atoms with van der Waals surface area (Å²) in [5.41, 5.74) is 3.16. The summed E-state index contributed by atoms with van der Waals surface area (Å²) in [5, 5.41) is 3.44. The van der Waals surface area contributed by atoms with Gasteiger partial charge in [0.25, 0.3) is 5.91 Å². The van der Waals surface area contributed by atoms with Crippen molar-refractivity contribution in [3.8, 4) is 11.5 Å². The molecule has 2 atom stereocenters. The Hall–Kier alpha value is -2.70. The standard InChI is InChI=1S/C26H31N3O3/c1-29(22-14-9-18(15-22)16-31-17-27-21-5-4-6-21)26(30)20-12-10-19(11-13-20)25-28-23-7-2-3-8-24(23)32-25/h2-3,7-8,10-13,18,21-22,27H,4-6,9,14-17H2,1H3. The van der Waals surface area contributed by atoms with E-state index in [1.807, 2.05) is 60.5 Å². The van der Waals surface area contributed by atoms with Gasteiger partial charge in [-0.3, -0.25) is 10.1 Å². The van der Waals surface area contributed by atoms with Gasteiger partial charge in [-0.2, -0.15) is 0 Å². The van der Waals surface area contributed by atoms with E-state index in [1.165, 1.54) is 19.3 Å². The lowest BCUT2D eigenvalue weighted by molar-refractivity contribution is 0.0649. The third-order valence-electron chi connectivity index (χ3n) is 6.99. The molecule has 3 aromatic rings. The highest BCUT2D eigenvalue weighted by Crippen LogP contribution is 2.30. The number of nitrogens with zero attached hydrogens (tertiary/aromatic N) is 2. The summed E-state index contributed by atoms with van der Waals surface area (Å²) < 4.78 is 11.7. The Bertz CT molecular complexity index is 1020. The van der Waals surface area contributed by atoms with E-state index in [0.29, 0.717) is 30.1 Å². The van der Waals surface area contributed by atoms with Crippen LogP contribution in [0.1, 0.15) is 48.9 Å². The molecule has 2 fully saturated rings. The Morgan fingerprint density at radius 2 is 1.94 bits per heavy atom. The molecule has 2 unspecified atom stereocenters. The molecule has 2 saturated carbocycles. The summed E-state index contributed by atoms with van der Waals surface area (Å²) in [6.07, 6.45) is 7.04. The van der Waals surface area contributed by atoms with E-state index >= 15 is 0 Å². The fourth-order valence-electron chi connectivity index (χ4n) is 4.69. The van der Waals surface area contributed by atoms with Crippen LogP contribution in [-0.2, 0) is 4.74 Å². The topological polar surface area (TPSA) is 67.6 Å². The van der Waals surface area contributed by atoms with Crippen LogP contribution >= 0.6 is 0 Å². The number of benzene rings is 2. The van der Waals surface area contributed by atoms with Gasteiger partial charge in [0.2, 0.25) is 5.89 Å². The predicted octanol–water partition coefficient (Wildman–Crippen LogP) is 4.85. The zero-order valence-corrected chi connectivity index (χ0v) is 18.6. The second-order valence-electron chi connectivity index (χ2n) is 9.16. The highest BCUT2D eigenvalue weighted by atomic mass is 16.5. The SMILES string of the molecule is CN(C(=O)c1ccc(-c2nc3ccccc3o2)cc1)C1CCC(COCNC2CCC2)C1. The molecular weight excluding hydrogens is 402 g/mol. The summed E-state index contributed by atoms with van der Waals surface area (Å²) in [4.78, 5) is 19.5. The molecule has 0 aliphatic heterocycles. The number of rotatable bonds is 8. The van der Waals surface area contributed by atoms with Gasteiger partial charge >= 0.3 is 0 Å². The molecule has 1 aromatic heterocycles. The fraction of sp³-hybridized carbons (Fsp3) is 0.462. The Morgan fingerprint density at radius 1 is 1.12 bits per heavy atom.